The van der Waals surface area contributed by atoms with Gasteiger partial charge in [0, 0.05) is 13.1 Å². The molecule has 2 heteroatoms. The molecule has 0 aromatic rings. The van der Waals surface area contributed by atoms with Gasteiger partial charge in [0.2, 0.25) is 0 Å². The maximum Gasteiger partial charge on any atom is 0.00444 e. The predicted octanol–water partition coefficient (Wildman–Crippen LogP) is 3.38. The summed E-state index contributed by atoms with van der Waals surface area (Å²) in [6.07, 6.45) is 4.14. The van der Waals surface area contributed by atoms with Gasteiger partial charge in [0.15, 0.2) is 0 Å². The van der Waals surface area contributed by atoms with Gasteiger partial charge < -0.3 is 10.2 Å². The van der Waals surface area contributed by atoms with Crippen LogP contribution in [0.25, 0.3) is 0 Å². The average Bonchev–Trinajstić information content (AvgIpc) is 2.46. The molecule has 0 aliphatic carbocycles. The van der Waals surface area contributed by atoms with Gasteiger partial charge in [-0.3, -0.25) is 0 Å². The molecule has 0 radical (unpaired) electrons. The molecule has 1 aliphatic rings. The summed E-state index contributed by atoms with van der Waals surface area (Å²) >= 11 is 0. The third-order valence-corrected chi connectivity index (χ3v) is 2.83. The Morgan fingerprint density at radius 3 is 2.19 bits per heavy atom. The first-order valence-electron chi connectivity index (χ1n) is 6.99. The summed E-state index contributed by atoms with van der Waals surface area (Å²) < 4.78 is 0. The van der Waals surface area contributed by atoms with Gasteiger partial charge >= 0.3 is 0 Å². The van der Waals surface area contributed by atoms with Crippen LogP contribution < -0.4 is 5.32 Å². The zero-order valence-corrected chi connectivity index (χ0v) is 12.7. The van der Waals surface area contributed by atoms with Crippen molar-refractivity contribution in [2.75, 3.05) is 33.7 Å². The molecule has 1 unspecified atom stereocenters. The van der Waals surface area contributed by atoms with E-state index in [2.05, 4.69) is 31.2 Å². The van der Waals surface area contributed by atoms with Crippen molar-refractivity contribution >= 4 is 0 Å². The zero-order valence-electron chi connectivity index (χ0n) is 12.7. The smallest absolute Gasteiger partial charge is 0.00444 e. The monoisotopic (exact) mass is 230 g/mol. The summed E-state index contributed by atoms with van der Waals surface area (Å²) in [6, 6.07) is 0. The SMILES string of the molecule is CC.CC.CNCC1(C)CCCCN(C)C1. The molecule has 0 spiro atoms. The van der Waals surface area contributed by atoms with Gasteiger partial charge in [-0.25, -0.2) is 0 Å². The van der Waals surface area contributed by atoms with Gasteiger partial charge in [0.25, 0.3) is 0 Å². The van der Waals surface area contributed by atoms with Crippen molar-refractivity contribution in [1.82, 2.24) is 10.2 Å². The fraction of sp³-hybridized carbons (Fsp3) is 1.00. The van der Waals surface area contributed by atoms with Gasteiger partial charge in [-0.05, 0) is 38.9 Å². The van der Waals surface area contributed by atoms with Gasteiger partial charge in [0.1, 0.15) is 0 Å². The third-order valence-electron chi connectivity index (χ3n) is 2.83. The minimum absolute atomic E-state index is 0.500. The van der Waals surface area contributed by atoms with Gasteiger partial charge in [-0.1, -0.05) is 41.0 Å². The van der Waals surface area contributed by atoms with E-state index < -0.39 is 0 Å². The van der Waals surface area contributed by atoms with Crippen molar-refractivity contribution in [3.63, 3.8) is 0 Å². The van der Waals surface area contributed by atoms with Crippen LogP contribution in [0.1, 0.15) is 53.9 Å². The first-order chi connectivity index (χ1) is 7.66. The lowest BCUT2D eigenvalue weighted by Crippen LogP contribution is -2.38. The van der Waals surface area contributed by atoms with Gasteiger partial charge in [-0.2, -0.15) is 0 Å². The van der Waals surface area contributed by atoms with Gasteiger partial charge in [0.05, 0.1) is 0 Å². The lowest BCUT2D eigenvalue weighted by Gasteiger charge is -2.30. The second kappa shape index (κ2) is 11.4. The molecular formula is C14H34N2. The Bertz CT molecular complexity index is 137. The molecule has 0 aromatic heterocycles. The summed E-state index contributed by atoms with van der Waals surface area (Å²) in [7, 11) is 4.29. The van der Waals surface area contributed by atoms with E-state index in [1.165, 1.54) is 32.4 Å². The van der Waals surface area contributed by atoms with E-state index in [-0.39, 0.29) is 0 Å². The topological polar surface area (TPSA) is 15.3 Å². The largest absolute Gasteiger partial charge is 0.319 e. The summed E-state index contributed by atoms with van der Waals surface area (Å²) in [5, 5.41) is 3.30. The lowest BCUT2D eigenvalue weighted by molar-refractivity contribution is 0.204. The summed E-state index contributed by atoms with van der Waals surface area (Å²) in [5.74, 6) is 0. The normalized spacial score (nSPS) is 25.7. The van der Waals surface area contributed by atoms with Crippen molar-refractivity contribution in [3.8, 4) is 0 Å². The third kappa shape index (κ3) is 8.12. The molecule has 1 heterocycles. The molecule has 0 aromatic carbocycles. The highest BCUT2D eigenvalue weighted by molar-refractivity contribution is 4.81. The molecule has 0 bridgehead atoms. The van der Waals surface area contributed by atoms with Crippen molar-refractivity contribution in [2.24, 2.45) is 5.41 Å². The van der Waals surface area contributed by atoms with Crippen LogP contribution in [0.2, 0.25) is 0 Å². The number of nitrogens with one attached hydrogen (secondary N) is 1. The number of hydrogen-bond acceptors (Lipinski definition) is 2. The molecule has 1 N–H and O–H groups in total. The van der Waals surface area contributed by atoms with Crippen LogP contribution in [0.3, 0.4) is 0 Å². The van der Waals surface area contributed by atoms with Crippen molar-refractivity contribution in [2.45, 2.75) is 53.9 Å². The summed E-state index contributed by atoms with van der Waals surface area (Å²) in [4.78, 5) is 2.46. The van der Waals surface area contributed by atoms with Crippen molar-refractivity contribution in [1.29, 1.82) is 0 Å². The molecule has 1 saturated heterocycles. The van der Waals surface area contributed by atoms with Crippen LogP contribution in [0.15, 0.2) is 0 Å². The van der Waals surface area contributed by atoms with E-state index in [1.807, 2.05) is 27.7 Å². The van der Waals surface area contributed by atoms with Crippen LogP contribution in [0.5, 0.6) is 0 Å². The molecule has 1 rings (SSSR count). The zero-order chi connectivity index (χ0) is 13.0. The summed E-state index contributed by atoms with van der Waals surface area (Å²) in [6.45, 7) is 14.1. The molecule has 2 nitrogen and oxygen atoms in total. The lowest BCUT2D eigenvalue weighted by atomic mass is 9.85. The number of rotatable bonds is 2. The van der Waals surface area contributed by atoms with E-state index >= 15 is 0 Å². The Balaban J connectivity index is 0. The Morgan fingerprint density at radius 2 is 1.69 bits per heavy atom. The Labute approximate surface area is 104 Å². The molecular weight excluding hydrogens is 196 g/mol. The Hall–Kier alpha value is -0.0800. The minimum Gasteiger partial charge on any atom is -0.319 e. The average molecular weight is 230 g/mol. The second-order valence-electron chi connectivity index (χ2n) is 4.54. The molecule has 1 aliphatic heterocycles. The van der Waals surface area contributed by atoms with Crippen LogP contribution in [-0.4, -0.2) is 38.6 Å². The maximum atomic E-state index is 3.30. The molecule has 1 atom stereocenters. The first kappa shape index (κ1) is 18.3. The van der Waals surface area contributed by atoms with E-state index in [0.29, 0.717) is 5.41 Å². The minimum atomic E-state index is 0.500. The molecule has 100 valence electrons. The number of nitrogens with zero attached hydrogens (tertiary/aromatic N) is 1. The molecule has 16 heavy (non-hydrogen) atoms. The van der Waals surface area contributed by atoms with Gasteiger partial charge in [-0.15, -0.1) is 0 Å². The highest BCUT2D eigenvalue weighted by atomic mass is 15.1. The Morgan fingerprint density at radius 1 is 1.12 bits per heavy atom. The van der Waals surface area contributed by atoms with E-state index in [9.17, 15) is 0 Å². The summed E-state index contributed by atoms with van der Waals surface area (Å²) in [5.41, 5.74) is 0.500. The molecule has 0 saturated carbocycles. The van der Waals surface area contributed by atoms with Crippen LogP contribution in [0, 0.1) is 5.41 Å². The highest BCUT2D eigenvalue weighted by Crippen LogP contribution is 2.27. The standard InChI is InChI=1S/C10H22N2.2C2H6/c1-10(8-11-2)6-4-5-7-12(3)9-10;2*1-2/h11H,4-9H2,1-3H3;2*1-2H3. The highest BCUT2D eigenvalue weighted by Gasteiger charge is 2.26. The van der Waals surface area contributed by atoms with E-state index in [1.54, 1.807) is 0 Å². The first-order valence-corrected chi connectivity index (χ1v) is 6.99. The number of hydrogen-bond donors (Lipinski definition) is 1. The molecule has 1 fully saturated rings. The van der Waals surface area contributed by atoms with E-state index in [4.69, 9.17) is 0 Å². The van der Waals surface area contributed by atoms with Crippen LogP contribution in [-0.2, 0) is 0 Å². The fourth-order valence-electron chi connectivity index (χ4n) is 2.31. The van der Waals surface area contributed by atoms with Crippen molar-refractivity contribution in [3.05, 3.63) is 0 Å². The number of likely N-dealkylation sites (tertiary alicyclic amines) is 1. The Kier molecular flexibility index (Phi) is 13.0. The van der Waals surface area contributed by atoms with Crippen LogP contribution >= 0.6 is 0 Å². The van der Waals surface area contributed by atoms with Crippen molar-refractivity contribution < 1.29 is 0 Å². The van der Waals surface area contributed by atoms with Crippen LogP contribution in [0.4, 0.5) is 0 Å². The predicted molar refractivity (Wildman–Crippen MR) is 76.1 cm³/mol. The molecule has 0 amide bonds. The second-order valence-corrected chi connectivity index (χ2v) is 4.54. The van der Waals surface area contributed by atoms with E-state index in [0.717, 1.165) is 6.54 Å². The fourth-order valence-corrected chi connectivity index (χ4v) is 2.31. The quantitative estimate of drug-likeness (QED) is 0.782. The maximum absolute atomic E-state index is 3.30.